The molecule has 0 aromatic heterocycles. The number of carbonyl (C=O) groups is 2. The van der Waals surface area contributed by atoms with Gasteiger partial charge in [0, 0.05) is 44.5 Å². The smallest absolute Gasteiger partial charge is 0.353 e. The van der Waals surface area contributed by atoms with Gasteiger partial charge in [-0.15, -0.1) is 0 Å². The van der Waals surface area contributed by atoms with Crippen LogP contribution in [0.4, 0.5) is 0 Å². The standard InChI is InChI=1S/C16H15Cl2NO4S.C16H16ClNO2.ClHO3S/c1-23-15-7-4-12(17)10-14(15)16(20)19-9-8-11-2-5-13(6-3-11)24(18,21)22;1-20-15-8-7-13(17)11-14(15)16(19)18-10-9-12-5-3-2-4-6-12;1-5(2,3)4/h2-7,10H,8-9H2,1H3,(H,19,20);2-8,11H,9-10H2,1H3,(H,18,19);(H,2,3,4). The molecule has 49 heavy (non-hydrogen) atoms. The maximum Gasteiger partial charge on any atom is 0.353 e. The summed E-state index contributed by atoms with van der Waals surface area (Å²) in [5, 5.41) is 6.60. The van der Waals surface area contributed by atoms with E-state index in [1.54, 1.807) is 42.5 Å². The van der Waals surface area contributed by atoms with Gasteiger partial charge in [-0.1, -0.05) is 65.7 Å². The van der Waals surface area contributed by atoms with Gasteiger partial charge in [0.2, 0.25) is 0 Å². The summed E-state index contributed by atoms with van der Waals surface area (Å²) in [5.41, 5.74) is 2.87. The number of ether oxygens (including phenoxy) is 2. The van der Waals surface area contributed by atoms with Gasteiger partial charge in [-0.2, -0.15) is 8.42 Å². The van der Waals surface area contributed by atoms with Gasteiger partial charge < -0.3 is 20.1 Å². The van der Waals surface area contributed by atoms with Gasteiger partial charge in [0.1, 0.15) is 11.5 Å². The molecule has 0 unspecified atom stereocenters. The van der Waals surface area contributed by atoms with E-state index in [4.69, 9.17) is 56.3 Å². The Balaban J connectivity index is 0.000000303. The van der Waals surface area contributed by atoms with Crippen LogP contribution in [0.5, 0.6) is 11.5 Å². The highest BCUT2D eigenvalue weighted by Gasteiger charge is 2.14. The Morgan fingerprint density at radius 2 is 1.04 bits per heavy atom. The number of benzene rings is 4. The molecule has 0 heterocycles. The monoisotopic (exact) mass is 792 g/mol. The van der Waals surface area contributed by atoms with Gasteiger partial charge in [0.05, 0.1) is 30.2 Å². The molecule has 0 atom stereocenters. The molecular formula is C32H32Cl4N2O9S2. The number of halogens is 4. The molecule has 3 N–H and O–H groups in total. The number of amides is 2. The molecule has 2 amide bonds. The minimum absolute atomic E-state index is 0.0422. The van der Waals surface area contributed by atoms with Gasteiger partial charge in [0.15, 0.2) is 0 Å². The van der Waals surface area contributed by atoms with Gasteiger partial charge in [-0.25, -0.2) is 8.42 Å². The van der Waals surface area contributed by atoms with Crippen LogP contribution in [-0.2, 0) is 31.2 Å². The summed E-state index contributed by atoms with van der Waals surface area (Å²) in [4.78, 5) is 24.4. The number of hydrogen-bond acceptors (Lipinski definition) is 8. The minimum Gasteiger partial charge on any atom is -0.496 e. The first-order chi connectivity index (χ1) is 23.0. The van der Waals surface area contributed by atoms with Crippen molar-refractivity contribution in [3.63, 3.8) is 0 Å². The molecule has 0 bridgehead atoms. The topological polar surface area (TPSA) is 165 Å². The zero-order valence-corrected chi connectivity index (χ0v) is 30.7. The van der Waals surface area contributed by atoms with Crippen molar-refractivity contribution in [1.82, 2.24) is 10.6 Å². The van der Waals surface area contributed by atoms with E-state index in [0.29, 0.717) is 52.2 Å². The molecule has 0 aliphatic rings. The molecule has 0 aliphatic carbocycles. The summed E-state index contributed by atoms with van der Waals surface area (Å²) < 4.78 is 57.8. The van der Waals surface area contributed by atoms with E-state index in [0.717, 1.165) is 12.0 Å². The van der Waals surface area contributed by atoms with Crippen LogP contribution < -0.4 is 20.1 Å². The first-order valence-corrected chi connectivity index (χ1v) is 19.3. The molecule has 0 radical (unpaired) electrons. The number of rotatable bonds is 11. The fourth-order valence-electron chi connectivity index (χ4n) is 4.01. The maximum absolute atomic E-state index is 12.2. The first-order valence-electron chi connectivity index (χ1n) is 14.0. The van der Waals surface area contributed by atoms with E-state index in [-0.39, 0.29) is 16.7 Å². The van der Waals surface area contributed by atoms with E-state index in [9.17, 15) is 18.0 Å². The van der Waals surface area contributed by atoms with E-state index >= 15 is 0 Å². The second-order valence-electron chi connectivity index (χ2n) is 9.68. The molecule has 0 fully saturated rings. The Morgan fingerprint density at radius 3 is 1.41 bits per heavy atom. The highest BCUT2D eigenvalue weighted by Crippen LogP contribution is 2.23. The van der Waals surface area contributed by atoms with E-state index in [1.165, 1.54) is 38.0 Å². The molecule has 11 nitrogen and oxygen atoms in total. The molecule has 0 saturated carbocycles. The van der Waals surface area contributed by atoms with E-state index in [2.05, 4.69) is 21.3 Å². The summed E-state index contributed by atoms with van der Waals surface area (Å²) in [5.74, 6) is 0.481. The Bertz CT molecular complexity index is 1910. The quantitative estimate of drug-likeness (QED) is 0.112. The van der Waals surface area contributed by atoms with Gasteiger partial charge in [0.25, 0.3) is 20.9 Å². The predicted molar refractivity (Wildman–Crippen MR) is 191 cm³/mol. The zero-order valence-electron chi connectivity index (χ0n) is 26.0. The van der Waals surface area contributed by atoms with Gasteiger partial charge >= 0.3 is 9.33 Å². The second-order valence-corrected chi connectivity index (χ2v) is 15.1. The van der Waals surface area contributed by atoms with Crippen LogP contribution in [0, 0.1) is 0 Å². The number of methoxy groups -OCH3 is 2. The SMILES string of the molecule is COc1ccc(Cl)cc1C(=O)NCCc1ccc(S(=O)(=O)Cl)cc1.COc1ccc(Cl)cc1C(=O)NCCc1ccccc1.O=S(=O)(O)Cl. The van der Waals surface area contributed by atoms with Gasteiger partial charge in [-0.3, -0.25) is 14.1 Å². The molecule has 17 heteroatoms. The average Bonchev–Trinajstić information content (AvgIpc) is 3.04. The Hall–Kier alpha value is -3.56. The molecule has 264 valence electrons. The Kier molecular flexibility index (Phi) is 17.1. The van der Waals surface area contributed by atoms with Gasteiger partial charge in [-0.05, 0) is 72.5 Å². The number of hydrogen-bond donors (Lipinski definition) is 3. The van der Waals surface area contributed by atoms with Crippen molar-refractivity contribution in [1.29, 1.82) is 0 Å². The lowest BCUT2D eigenvalue weighted by molar-refractivity contribution is 0.0942. The van der Waals surface area contributed by atoms with Crippen molar-refractivity contribution in [2.45, 2.75) is 17.7 Å². The van der Waals surface area contributed by atoms with Crippen molar-refractivity contribution >= 4 is 74.8 Å². The molecular weight excluding hydrogens is 762 g/mol. The lowest BCUT2D eigenvalue weighted by atomic mass is 10.1. The largest absolute Gasteiger partial charge is 0.496 e. The Labute approximate surface area is 304 Å². The molecule has 4 aromatic carbocycles. The highest BCUT2D eigenvalue weighted by atomic mass is 35.7. The molecule has 0 aliphatic heterocycles. The average molecular weight is 795 g/mol. The number of nitrogens with one attached hydrogen (secondary N) is 2. The number of carbonyl (C=O) groups excluding carboxylic acids is 2. The van der Waals surface area contributed by atoms with Crippen LogP contribution in [0.3, 0.4) is 0 Å². The van der Waals surface area contributed by atoms with Crippen molar-refractivity contribution in [2.75, 3.05) is 27.3 Å². The van der Waals surface area contributed by atoms with Crippen LogP contribution in [0.1, 0.15) is 31.8 Å². The van der Waals surface area contributed by atoms with Crippen LogP contribution >= 0.6 is 44.6 Å². The van der Waals surface area contributed by atoms with Crippen molar-refractivity contribution in [3.05, 3.63) is 123 Å². The third-order valence-electron chi connectivity index (χ3n) is 6.26. The van der Waals surface area contributed by atoms with Crippen LogP contribution in [-0.4, -0.2) is 60.5 Å². The first kappa shape index (κ1) is 41.6. The summed E-state index contributed by atoms with van der Waals surface area (Å²) in [6.07, 6.45) is 1.33. The van der Waals surface area contributed by atoms with Crippen molar-refractivity contribution in [3.8, 4) is 11.5 Å². The fourth-order valence-corrected chi connectivity index (χ4v) is 5.12. The van der Waals surface area contributed by atoms with Crippen LogP contribution in [0.2, 0.25) is 10.0 Å². The lowest BCUT2D eigenvalue weighted by Gasteiger charge is -2.10. The third kappa shape index (κ3) is 16.1. The minimum atomic E-state index is -4.19. The second kappa shape index (κ2) is 20.2. The van der Waals surface area contributed by atoms with E-state index in [1.807, 2.05) is 30.3 Å². The summed E-state index contributed by atoms with van der Waals surface area (Å²) >= 11 is 11.8. The zero-order chi connectivity index (χ0) is 36.6. The van der Waals surface area contributed by atoms with Crippen molar-refractivity contribution < 1.29 is 40.5 Å². The van der Waals surface area contributed by atoms with Crippen LogP contribution in [0.15, 0.2) is 95.9 Å². The molecule has 0 spiro atoms. The summed E-state index contributed by atoms with van der Waals surface area (Å²) in [6.45, 7) is 0.944. The lowest BCUT2D eigenvalue weighted by Crippen LogP contribution is -2.26. The molecule has 4 rings (SSSR count). The summed E-state index contributed by atoms with van der Waals surface area (Å²) in [6, 6.07) is 26.0. The normalized spacial score (nSPS) is 10.8. The Morgan fingerprint density at radius 1 is 0.653 bits per heavy atom. The van der Waals surface area contributed by atoms with Crippen molar-refractivity contribution in [2.24, 2.45) is 0 Å². The molecule has 0 saturated heterocycles. The fraction of sp³-hybridized carbons (Fsp3) is 0.188. The third-order valence-corrected chi connectivity index (χ3v) is 8.10. The maximum atomic E-state index is 12.2. The summed E-state index contributed by atoms with van der Waals surface area (Å²) in [7, 11) is 4.41. The van der Waals surface area contributed by atoms with E-state index < -0.39 is 18.4 Å². The highest BCUT2D eigenvalue weighted by molar-refractivity contribution is 8.13. The predicted octanol–water partition coefficient (Wildman–Crippen LogP) is 6.60. The van der Waals surface area contributed by atoms with Crippen LogP contribution in [0.25, 0.3) is 0 Å². The molecule has 4 aromatic rings.